The number of allylic oxidation sites excluding steroid dienone is 2. The molecule has 2 aliphatic rings. The van der Waals surface area contributed by atoms with E-state index in [1.54, 1.807) is 0 Å². The molecule has 1 aliphatic carbocycles. The second-order valence-corrected chi connectivity index (χ2v) is 11.9. The Bertz CT molecular complexity index is 1810. The molecule has 0 fully saturated rings. The highest BCUT2D eigenvalue weighted by Crippen LogP contribution is 2.50. The van der Waals surface area contributed by atoms with Gasteiger partial charge in [-0.1, -0.05) is 102 Å². The van der Waals surface area contributed by atoms with E-state index in [9.17, 15) is 0 Å². The summed E-state index contributed by atoms with van der Waals surface area (Å²) in [5.41, 5.74) is 10.9. The monoisotopic (exact) mass is 548 g/mol. The van der Waals surface area contributed by atoms with Gasteiger partial charge in [-0.2, -0.15) is 0 Å². The van der Waals surface area contributed by atoms with Gasteiger partial charge in [0.05, 0.1) is 11.7 Å². The van der Waals surface area contributed by atoms with Crippen LogP contribution in [0.3, 0.4) is 0 Å². The first kappa shape index (κ1) is 26.3. The van der Waals surface area contributed by atoms with E-state index in [1.165, 1.54) is 44.5 Å². The van der Waals surface area contributed by atoms with Crippen LogP contribution < -0.4 is 10.1 Å². The molecule has 0 amide bonds. The maximum atomic E-state index is 6.40. The molecule has 0 saturated carbocycles. The molecular formula is C39H36N2O. The Morgan fingerprint density at radius 1 is 0.833 bits per heavy atom. The van der Waals surface area contributed by atoms with Crippen molar-refractivity contribution in [1.29, 1.82) is 0 Å². The van der Waals surface area contributed by atoms with Crippen LogP contribution in [0.5, 0.6) is 5.75 Å². The number of nitrogens with zero attached hydrogens (tertiary/aromatic N) is 1. The quantitative estimate of drug-likeness (QED) is 0.169. The molecule has 7 rings (SSSR count). The summed E-state index contributed by atoms with van der Waals surface area (Å²) in [7, 11) is 0. The molecule has 0 saturated heterocycles. The number of fused-ring (bicyclic) bond motifs is 4. The summed E-state index contributed by atoms with van der Waals surface area (Å²) in [6, 6.07) is 35.0. The van der Waals surface area contributed by atoms with E-state index in [-0.39, 0.29) is 6.04 Å². The Labute approximate surface area is 248 Å². The van der Waals surface area contributed by atoms with E-state index in [4.69, 9.17) is 9.73 Å². The summed E-state index contributed by atoms with van der Waals surface area (Å²) in [5, 5.41) is 6.16. The second kappa shape index (κ2) is 11.0. The Kier molecular flexibility index (Phi) is 6.87. The zero-order chi connectivity index (χ0) is 28.6. The minimum Gasteiger partial charge on any atom is -0.488 e. The molecule has 1 N–H and O–H groups in total. The molecule has 0 aromatic heterocycles. The van der Waals surface area contributed by atoms with Gasteiger partial charge >= 0.3 is 0 Å². The summed E-state index contributed by atoms with van der Waals surface area (Å²) in [6.07, 6.45) is 7.81. The second-order valence-electron chi connectivity index (χ2n) is 11.9. The van der Waals surface area contributed by atoms with Crippen molar-refractivity contribution in [2.75, 3.05) is 5.32 Å². The molecule has 208 valence electrons. The number of aliphatic imine (C=N–C) groups is 1. The van der Waals surface area contributed by atoms with Gasteiger partial charge in [-0.25, -0.2) is 0 Å². The third kappa shape index (κ3) is 5.12. The number of anilines is 1. The normalized spacial score (nSPS) is 19.1. The van der Waals surface area contributed by atoms with Crippen LogP contribution in [0.2, 0.25) is 0 Å². The zero-order valence-electron chi connectivity index (χ0n) is 24.5. The summed E-state index contributed by atoms with van der Waals surface area (Å²) in [4.78, 5) is 4.93. The van der Waals surface area contributed by atoms with Crippen molar-refractivity contribution in [2.45, 2.75) is 45.8 Å². The lowest BCUT2D eigenvalue weighted by atomic mass is 9.76. The van der Waals surface area contributed by atoms with Crippen LogP contribution in [0.4, 0.5) is 11.4 Å². The van der Waals surface area contributed by atoms with Crippen LogP contribution >= 0.6 is 0 Å². The largest absolute Gasteiger partial charge is 0.488 e. The van der Waals surface area contributed by atoms with E-state index in [1.807, 2.05) is 6.21 Å². The van der Waals surface area contributed by atoms with Crippen LogP contribution in [0.25, 0.3) is 10.8 Å². The Morgan fingerprint density at radius 2 is 1.64 bits per heavy atom. The minimum atomic E-state index is 0.279. The molecule has 1 aliphatic heterocycles. The fourth-order valence-corrected chi connectivity index (χ4v) is 6.80. The van der Waals surface area contributed by atoms with Crippen LogP contribution in [-0.2, 0) is 6.61 Å². The van der Waals surface area contributed by atoms with Crippen molar-refractivity contribution in [3.8, 4) is 5.75 Å². The van der Waals surface area contributed by atoms with Crippen molar-refractivity contribution in [3.05, 3.63) is 148 Å². The first-order chi connectivity index (χ1) is 20.5. The average molecular weight is 549 g/mol. The van der Waals surface area contributed by atoms with Gasteiger partial charge in [0.25, 0.3) is 0 Å². The van der Waals surface area contributed by atoms with Gasteiger partial charge in [0, 0.05) is 23.4 Å². The molecule has 0 radical (unpaired) electrons. The van der Waals surface area contributed by atoms with Gasteiger partial charge < -0.3 is 10.1 Å². The van der Waals surface area contributed by atoms with Gasteiger partial charge in [-0.05, 0) is 84.8 Å². The van der Waals surface area contributed by atoms with Crippen molar-refractivity contribution >= 4 is 28.4 Å². The maximum Gasteiger partial charge on any atom is 0.129 e. The van der Waals surface area contributed by atoms with Gasteiger partial charge in [-0.3, -0.25) is 4.99 Å². The lowest BCUT2D eigenvalue weighted by Crippen LogP contribution is -2.29. The third-order valence-electron chi connectivity index (χ3n) is 8.72. The number of ether oxygens (including phenoxy) is 1. The first-order valence-electron chi connectivity index (χ1n) is 14.9. The minimum absolute atomic E-state index is 0.279. The first-order valence-corrected chi connectivity index (χ1v) is 14.9. The maximum absolute atomic E-state index is 6.40. The van der Waals surface area contributed by atoms with Crippen molar-refractivity contribution < 1.29 is 4.74 Å². The molecule has 1 heterocycles. The summed E-state index contributed by atoms with van der Waals surface area (Å²) < 4.78 is 6.40. The highest BCUT2D eigenvalue weighted by molar-refractivity contribution is 6.03. The van der Waals surface area contributed by atoms with Gasteiger partial charge in [0.1, 0.15) is 12.4 Å². The Morgan fingerprint density at radius 3 is 2.48 bits per heavy atom. The van der Waals surface area contributed by atoms with E-state index in [0.717, 1.165) is 28.8 Å². The predicted octanol–water partition coefficient (Wildman–Crippen LogP) is 9.92. The molecule has 3 heteroatoms. The van der Waals surface area contributed by atoms with E-state index in [0.29, 0.717) is 18.4 Å². The summed E-state index contributed by atoms with van der Waals surface area (Å²) >= 11 is 0. The van der Waals surface area contributed by atoms with Gasteiger partial charge in [-0.15, -0.1) is 0 Å². The predicted molar refractivity (Wildman–Crippen MR) is 175 cm³/mol. The summed E-state index contributed by atoms with van der Waals surface area (Å²) in [6.45, 7) is 6.95. The van der Waals surface area contributed by atoms with Crippen molar-refractivity contribution in [1.82, 2.24) is 0 Å². The number of benzene rings is 5. The molecule has 3 nitrogen and oxygen atoms in total. The van der Waals surface area contributed by atoms with E-state index >= 15 is 0 Å². The van der Waals surface area contributed by atoms with Crippen LogP contribution in [0.15, 0.2) is 114 Å². The fourth-order valence-electron chi connectivity index (χ4n) is 6.80. The van der Waals surface area contributed by atoms with Crippen molar-refractivity contribution in [2.24, 2.45) is 10.9 Å². The molecule has 3 atom stereocenters. The number of hydrogen-bond donors (Lipinski definition) is 1. The fraction of sp³-hybridized carbons (Fsp3) is 0.205. The highest BCUT2D eigenvalue weighted by atomic mass is 16.5. The van der Waals surface area contributed by atoms with Gasteiger partial charge in [0.15, 0.2) is 0 Å². The van der Waals surface area contributed by atoms with Crippen LogP contribution in [-0.4, -0.2) is 6.21 Å². The number of rotatable bonds is 6. The van der Waals surface area contributed by atoms with Crippen LogP contribution in [0.1, 0.15) is 57.3 Å². The van der Waals surface area contributed by atoms with E-state index < -0.39 is 0 Å². The summed E-state index contributed by atoms with van der Waals surface area (Å²) in [5.74, 6) is 1.84. The van der Waals surface area contributed by atoms with Crippen molar-refractivity contribution in [3.63, 3.8) is 0 Å². The Balaban J connectivity index is 1.15. The lowest BCUT2D eigenvalue weighted by molar-refractivity contribution is 0.306. The number of nitrogens with one attached hydrogen (secondary N) is 1. The molecule has 0 bridgehead atoms. The topological polar surface area (TPSA) is 33.6 Å². The molecule has 5 aromatic carbocycles. The smallest absolute Gasteiger partial charge is 0.129 e. The number of hydrogen-bond acceptors (Lipinski definition) is 3. The average Bonchev–Trinajstić information content (AvgIpc) is 3.49. The lowest BCUT2D eigenvalue weighted by Gasteiger charge is -2.37. The SMILES string of the molecule is Cc1cc(C)cc(COc2ccc3ccccc3c2C=Nc2ccc([C@@H]3Nc4ccc(C)cc4[C@H]4C=CC[C@H]43)cc2)c1. The van der Waals surface area contributed by atoms with Gasteiger partial charge in [0.2, 0.25) is 0 Å². The third-order valence-corrected chi connectivity index (χ3v) is 8.72. The number of aryl methyl sites for hydroxylation is 3. The standard InChI is InChI=1S/C39H36N2O/c1-25-11-17-37-35(22-25)33-9-6-10-34(33)39(41-37)30-12-15-31(16-13-30)40-23-36-32-8-5-4-7-29(32)14-18-38(36)42-24-28-20-26(2)19-27(3)21-28/h4-9,11-23,33-34,39,41H,10,24H2,1-3H3/t33-,34+,39-/m0/s1. The van der Waals surface area contributed by atoms with Crippen LogP contribution in [0, 0.1) is 26.7 Å². The highest BCUT2D eigenvalue weighted by Gasteiger charge is 2.37. The zero-order valence-corrected chi connectivity index (χ0v) is 24.5. The van der Waals surface area contributed by atoms with E-state index in [2.05, 4.69) is 135 Å². The molecule has 0 unspecified atom stereocenters. The molecule has 0 spiro atoms. The molecular weight excluding hydrogens is 512 g/mol. The Hall–Kier alpha value is -4.63. The molecule has 5 aromatic rings. The molecule has 42 heavy (non-hydrogen) atoms.